The van der Waals surface area contributed by atoms with E-state index in [1.807, 2.05) is 21.2 Å². The fourth-order valence-corrected chi connectivity index (χ4v) is 2.69. The van der Waals surface area contributed by atoms with Gasteiger partial charge >= 0.3 is 0 Å². The lowest BCUT2D eigenvalue weighted by Crippen LogP contribution is -2.06. The molecule has 4 nitrogen and oxygen atoms in total. The Morgan fingerprint density at radius 2 is 2.04 bits per heavy atom. The first-order chi connectivity index (χ1) is 11.4. The molecule has 0 aromatic heterocycles. The van der Waals surface area contributed by atoms with Crippen LogP contribution in [0, 0.1) is 32.9 Å². The van der Waals surface area contributed by atoms with Gasteiger partial charge in [-0.3, -0.25) is 14.9 Å². The maximum absolute atomic E-state index is 14.3. The molecule has 0 radical (unpaired) electrons. The lowest BCUT2D eigenvalue weighted by molar-refractivity contribution is -0.384. The van der Waals surface area contributed by atoms with Gasteiger partial charge < -0.3 is 0 Å². The number of halogens is 3. The summed E-state index contributed by atoms with van der Waals surface area (Å²) in [6, 6.07) is 5.89. The van der Waals surface area contributed by atoms with Crippen molar-refractivity contribution < 1.29 is 18.5 Å². The number of rotatable bonds is 3. The highest BCUT2D eigenvalue weighted by Gasteiger charge is 2.29. The molecule has 0 heterocycles. The van der Waals surface area contributed by atoms with Gasteiger partial charge in [0.25, 0.3) is 5.69 Å². The minimum absolute atomic E-state index is 0.108. The Morgan fingerprint density at radius 3 is 2.58 bits per heavy atom. The highest BCUT2D eigenvalue weighted by atomic mass is 127. The molecule has 0 fully saturated rings. The number of nitrogens with zero attached hydrogens (tertiary/aromatic N) is 1. The second kappa shape index (κ2) is 7.72. The Kier molecular flexibility index (Phi) is 5.90. The van der Waals surface area contributed by atoms with E-state index in [0.717, 1.165) is 28.0 Å². The van der Waals surface area contributed by atoms with Crippen LogP contribution in [0.5, 0.6) is 0 Å². The van der Waals surface area contributed by atoms with Gasteiger partial charge in [0.2, 0.25) is 0 Å². The predicted octanol–water partition coefficient (Wildman–Crippen LogP) is 5.13. The van der Waals surface area contributed by atoms with Crippen molar-refractivity contribution in [3.05, 3.63) is 63.2 Å². The molecule has 122 valence electrons. The fourth-order valence-electron chi connectivity index (χ4n) is 2.22. The molecular weight excluding hydrogens is 451 g/mol. The lowest BCUT2D eigenvalue weighted by atomic mass is 9.92. The van der Waals surface area contributed by atoms with E-state index in [-0.39, 0.29) is 16.7 Å². The Hall–Kier alpha value is -1.99. The Bertz CT molecular complexity index is 906. The number of benzene rings is 2. The van der Waals surface area contributed by atoms with Crippen molar-refractivity contribution in [2.24, 2.45) is 0 Å². The second-order valence-electron chi connectivity index (χ2n) is 4.63. The van der Waals surface area contributed by atoms with Crippen LogP contribution in [0.4, 0.5) is 14.5 Å². The van der Waals surface area contributed by atoms with Gasteiger partial charge in [-0.15, -0.1) is 0 Å². The van der Waals surface area contributed by atoms with Crippen molar-refractivity contribution in [1.29, 1.82) is 0 Å². The topological polar surface area (TPSA) is 60.2 Å². The molecule has 0 aliphatic carbocycles. The van der Waals surface area contributed by atoms with Crippen LogP contribution >= 0.6 is 30.1 Å². The third kappa shape index (κ3) is 3.73. The maximum atomic E-state index is 14.3. The molecule has 2 aromatic rings. The largest absolute Gasteiger partial charge is 0.296 e. The number of hydrogen-bond acceptors (Lipinski definition) is 4. The van der Waals surface area contributed by atoms with E-state index in [2.05, 4.69) is 11.2 Å². The van der Waals surface area contributed by atoms with Crippen LogP contribution in [0.15, 0.2) is 30.3 Å². The quantitative estimate of drug-likeness (QED) is 0.210. The highest BCUT2D eigenvalue weighted by Crippen LogP contribution is 2.38. The molecule has 0 aliphatic rings. The minimum atomic E-state index is -0.968. The highest BCUT2D eigenvalue weighted by molar-refractivity contribution is 14.2. The number of nitro groups is 1. The zero-order chi connectivity index (χ0) is 17.9. The number of ketones is 1. The Labute approximate surface area is 152 Å². The van der Waals surface area contributed by atoms with Gasteiger partial charge in [-0.25, -0.2) is 8.78 Å². The molecule has 8 heteroatoms. The van der Waals surface area contributed by atoms with Gasteiger partial charge in [-0.05, 0) is 50.8 Å². The van der Waals surface area contributed by atoms with Crippen molar-refractivity contribution in [2.45, 2.75) is 6.92 Å². The van der Waals surface area contributed by atoms with Crippen LogP contribution in [0.2, 0.25) is 0 Å². The Balaban J connectivity index is 2.98. The molecule has 0 saturated carbocycles. The van der Waals surface area contributed by atoms with Crippen molar-refractivity contribution in [1.82, 2.24) is 0 Å². The monoisotopic (exact) mass is 459 g/mol. The lowest BCUT2D eigenvalue weighted by Gasteiger charge is -2.11. The molecule has 0 amide bonds. The van der Waals surface area contributed by atoms with E-state index in [4.69, 9.17) is 0 Å². The summed E-state index contributed by atoms with van der Waals surface area (Å²) in [7, 11) is 1.03. The maximum Gasteiger partial charge on any atom is 0.296 e. The number of carbonyl (C=O) groups excluding carboxylic acids is 1. The first kappa shape index (κ1) is 18.4. The minimum Gasteiger partial charge on any atom is -0.294 e. The number of nitro benzene ring substituents is 1. The molecule has 0 aliphatic heterocycles. The SMILES string of the molecule is CC(=O)c1cc(F)c(C#CSI)c([N+](=O)[O-])c1-c1cccc(F)c1. The Morgan fingerprint density at radius 1 is 1.33 bits per heavy atom. The van der Waals surface area contributed by atoms with Crippen molar-refractivity contribution >= 4 is 41.6 Å². The van der Waals surface area contributed by atoms with Crippen LogP contribution in [0.1, 0.15) is 22.8 Å². The van der Waals surface area contributed by atoms with E-state index in [1.54, 1.807) is 0 Å². The van der Waals surface area contributed by atoms with Crippen molar-refractivity contribution in [3.8, 4) is 22.3 Å². The fraction of sp³-hybridized carbons (Fsp3) is 0.0625. The smallest absolute Gasteiger partial charge is 0.294 e. The van der Waals surface area contributed by atoms with Crippen LogP contribution < -0.4 is 0 Å². The van der Waals surface area contributed by atoms with E-state index in [1.165, 1.54) is 18.2 Å². The van der Waals surface area contributed by atoms with Crippen LogP contribution in [-0.4, -0.2) is 10.7 Å². The predicted molar refractivity (Wildman–Crippen MR) is 96.9 cm³/mol. The summed E-state index contributed by atoms with van der Waals surface area (Å²) in [6.07, 6.45) is 0. The third-order valence-corrected chi connectivity index (χ3v) is 3.98. The summed E-state index contributed by atoms with van der Waals surface area (Å²) >= 11 is 1.84. The average molecular weight is 459 g/mol. The summed E-state index contributed by atoms with van der Waals surface area (Å²) in [5, 5.41) is 14.0. The molecule has 0 saturated heterocycles. The first-order valence-electron chi connectivity index (χ1n) is 6.43. The first-order valence-corrected chi connectivity index (χ1v) is 9.79. The summed E-state index contributed by atoms with van der Waals surface area (Å²) < 4.78 is 27.8. The third-order valence-electron chi connectivity index (χ3n) is 3.14. The van der Waals surface area contributed by atoms with Crippen LogP contribution in [0.3, 0.4) is 0 Å². The van der Waals surface area contributed by atoms with E-state index in [9.17, 15) is 23.7 Å². The molecule has 0 atom stereocenters. The molecule has 2 rings (SSSR count). The molecular formula is C16H8F2INO3S. The van der Waals surface area contributed by atoms with E-state index < -0.39 is 33.6 Å². The molecule has 0 spiro atoms. The summed E-state index contributed by atoms with van der Waals surface area (Å²) in [4.78, 5) is 22.6. The van der Waals surface area contributed by atoms with Crippen molar-refractivity contribution in [2.75, 3.05) is 0 Å². The van der Waals surface area contributed by atoms with Crippen LogP contribution in [0.25, 0.3) is 11.1 Å². The number of carbonyl (C=O) groups is 1. The van der Waals surface area contributed by atoms with Crippen molar-refractivity contribution in [3.63, 3.8) is 0 Å². The van der Waals surface area contributed by atoms with Gasteiger partial charge in [0.05, 0.1) is 10.5 Å². The second-order valence-corrected chi connectivity index (χ2v) is 6.31. The average Bonchev–Trinajstić information content (AvgIpc) is 2.52. The number of Topliss-reactive ketones (excluding diaryl/α,β-unsaturated/α-hetero) is 1. The summed E-state index contributed by atoms with van der Waals surface area (Å²) in [5.74, 6) is 0.221. The van der Waals surface area contributed by atoms with Gasteiger partial charge in [0.1, 0.15) is 17.2 Å². The van der Waals surface area contributed by atoms with Gasteiger partial charge in [0.15, 0.2) is 5.78 Å². The standard InChI is InChI=1S/C16H8F2INO3S/c1-9(21)13-8-14(18)12(5-6-24-19)16(20(22)23)15(13)10-3-2-4-11(17)7-10/h2-4,7-8H,1H3. The summed E-state index contributed by atoms with van der Waals surface area (Å²) in [6.45, 7) is 1.16. The number of hydrogen-bond donors (Lipinski definition) is 0. The molecule has 2 aromatic carbocycles. The zero-order valence-electron chi connectivity index (χ0n) is 12.1. The normalized spacial score (nSPS) is 10.0. The van der Waals surface area contributed by atoms with Crippen LogP contribution in [-0.2, 0) is 0 Å². The molecule has 24 heavy (non-hydrogen) atoms. The molecule has 0 unspecified atom stereocenters. The van der Waals surface area contributed by atoms with E-state index in [0.29, 0.717) is 0 Å². The molecule has 0 bridgehead atoms. The van der Waals surface area contributed by atoms with Gasteiger partial charge in [-0.1, -0.05) is 12.1 Å². The zero-order valence-corrected chi connectivity index (χ0v) is 15.1. The van der Waals surface area contributed by atoms with Gasteiger partial charge in [-0.2, -0.15) is 0 Å². The van der Waals surface area contributed by atoms with E-state index >= 15 is 0 Å². The molecule has 0 N–H and O–H groups in total. The van der Waals surface area contributed by atoms with Gasteiger partial charge in [0, 0.05) is 26.8 Å². The summed E-state index contributed by atoms with van der Waals surface area (Å²) in [5.41, 5.74) is -1.32.